The fourth-order valence-electron chi connectivity index (χ4n) is 2.56. The molecule has 20 heavy (non-hydrogen) atoms. The lowest BCUT2D eigenvalue weighted by atomic mass is 9.94. The molecule has 0 aromatic heterocycles. The van der Waals surface area contributed by atoms with Gasteiger partial charge in [0.2, 0.25) is 0 Å². The molecule has 3 heteroatoms. The molecule has 104 valence electrons. The summed E-state index contributed by atoms with van der Waals surface area (Å²) in [6, 6.07) is 8.06. The van der Waals surface area contributed by atoms with Crippen LogP contribution in [0.2, 0.25) is 0 Å². The minimum absolute atomic E-state index is 0.0890. The molecule has 2 aliphatic rings. The second kappa shape index (κ2) is 5.55. The highest BCUT2D eigenvalue weighted by Crippen LogP contribution is 2.33. The molecule has 0 fully saturated rings. The van der Waals surface area contributed by atoms with Crippen LogP contribution >= 0.6 is 0 Å². The Morgan fingerprint density at radius 1 is 1.20 bits per heavy atom. The van der Waals surface area contributed by atoms with Crippen LogP contribution < -0.4 is 4.74 Å². The Bertz CT molecular complexity index is 596. The number of allylic oxidation sites excluding steroid dienone is 1. The lowest BCUT2D eigenvalue weighted by molar-refractivity contribution is 0.136. The summed E-state index contributed by atoms with van der Waals surface area (Å²) in [5.41, 5.74) is 3.36. The van der Waals surface area contributed by atoms with E-state index in [4.69, 9.17) is 14.2 Å². The summed E-state index contributed by atoms with van der Waals surface area (Å²) in [7, 11) is 3.41. The van der Waals surface area contributed by atoms with Gasteiger partial charge in [0.25, 0.3) is 0 Å². The van der Waals surface area contributed by atoms with Crippen LogP contribution in [-0.2, 0) is 9.47 Å². The summed E-state index contributed by atoms with van der Waals surface area (Å²) in [5, 5.41) is 0. The molecule has 0 saturated carbocycles. The summed E-state index contributed by atoms with van der Waals surface area (Å²) < 4.78 is 16.7. The molecule has 1 atom stereocenters. The first kappa shape index (κ1) is 13.0. The Hall–Kier alpha value is -2.00. The van der Waals surface area contributed by atoms with Crippen LogP contribution in [0.3, 0.4) is 0 Å². The molecule has 3 rings (SSSR count). The highest BCUT2D eigenvalue weighted by atomic mass is 16.5. The van der Waals surface area contributed by atoms with E-state index >= 15 is 0 Å². The highest BCUT2D eigenvalue weighted by molar-refractivity contribution is 5.68. The SMILES string of the molecule is COC1=CC(OC)CC=C1C1=Cc2ccccc2OC1. The van der Waals surface area contributed by atoms with Crippen LogP contribution in [0.25, 0.3) is 6.08 Å². The molecular formula is C17H18O3. The number of benzene rings is 1. The summed E-state index contributed by atoms with van der Waals surface area (Å²) in [6.07, 6.45) is 7.31. The normalized spacial score (nSPS) is 21.1. The van der Waals surface area contributed by atoms with Gasteiger partial charge in [0.05, 0.1) is 13.2 Å². The molecule has 0 spiro atoms. The van der Waals surface area contributed by atoms with Gasteiger partial charge in [0.1, 0.15) is 18.1 Å². The van der Waals surface area contributed by atoms with E-state index in [0.717, 1.165) is 34.6 Å². The highest BCUT2D eigenvalue weighted by Gasteiger charge is 2.21. The van der Waals surface area contributed by atoms with Crippen molar-refractivity contribution in [3.63, 3.8) is 0 Å². The second-order valence-electron chi connectivity index (χ2n) is 4.86. The third-order valence-electron chi connectivity index (χ3n) is 3.66. The van der Waals surface area contributed by atoms with Crippen molar-refractivity contribution >= 4 is 6.08 Å². The maximum Gasteiger partial charge on any atom is 0.127 e. The average molecular weight is 270 g/mol. The van der Waals surface area contributed by atoms with Crippen molar-refractivity contribution < 1.29 is 14.2 Å². The van der Waals surface area contributed by atoms with Crippen molar-refractivity contribution in [3.8, 4) is 5.75 Å². The molecule has 0 N–H and O–H groups in total. The van der Waals surface area contributed by atoms with Crippen LogP contribution in [0, 0.1) is 0 Å². The van der Waals surface area contributed by atoms with Crippen molar-refractivity contribution in [2.24, 2.45) is 0 Å². The van der Waals surface area contributed by atoms with Gasteiger partial charge in [0.15, 0.2) is 0 Å². The van der Waals surface area contributed by atoms with E-state index in [9.17, 15) is 0 Å². The maximum absolute atomic E-state index is 5.81. The molecule has 1 unspecified atom stereocenters. The third kappa shape index (κ3) is 2.37. The Balaban J connectivity index is 1.93. The predicted molar refractivity (Wildman–Crippen MR) is 78.5 cm³/mol. The molecule has 1 aromatic rings. The van der Waals surface area contributed by atoms with E-state index in [2.05, 4.69) is 18.2 Å². The maximum atomic E-state index is 5.81. The molecule has 1 aliphatic heterocycles. The predicted octanol–water partition coefficient (Wildman–Crippen LogP) is 3.34. The lowest BCUT2D eigenvalue weighted by Gasteiger charge is -2.24. The van der Waals surface area contributed by atoms with Gasteiger partial charge in [-0.15, -0.1) is 0 Å². The minimum Gasteiger partial charge on any atom is -0.496 e. The molecule has 1 aliphatic carbocycles. The largest absolute Gasteiger partial charge is 0.496 e. The number of hydrogen-bond donors (Lipinski definition) is 0. The van der Waals surface area contributed by atoms with Crippen molar-refractivity contribution in [2.45, 2.75) is 12.5 Å². The van der Waals surface area contributed by atoms with Crippen LogP contribution in [0.5, 0.6) is 5.75 Å². The van der Waals surface area contributed by atoms with E-state index in [0.29, 0.717) is 6.61 Å². The van der Waals surface area contributed by atoms with Gasteiger partial charge < -0.3 is 14.2 Å². The quantitative estimate of drug-likeness (QED) is 0.843. The van der Waals surface area contributed by atoms with Gasteiger partial charge in [-0.3, -0.25) is 0 Å². The van der Waals surface area contributed by atoms with Crippen LogP contribution in [0.15, 0.2) is 53.3 Å². The molecule has 1 heterocycles. The van der Waals surface area contributed by atoms with Crippen molar-refractivity contribution in [1.82, 2.24) is 0 Å². The van der Waals surface area contributed by atoms with Crippen molar-refractivity contribution in [3.05, 3.63) is 58.9 Å². The number of rotatable bonds is 3. The van der Waals surface area contributed by atoms with E-state index in [-0.39, 0.29) is 6.10 Å². The van der Waals surface area contributed by atoms with Gasteiger partial charge >= 0.3 is 0 Å². The first-order valence-electron chi connectivity index (χ1n) is 6.73. The Morgan fingerprint density at radius 2 is 2.05 bits per heavy atom. The average Bonchev–Trinajstić information content (AvgIpc) is 2.53. The van der Waals surface area contributed by atoms with Gasteiger partial charge in [-0.1, -0.05) is 24.3 Å². The van der Waals surface area contributed by atoms with E-state index < -0.39 is 0 Å². The zero-order valence-corrected chi connectivity index (χ0v) is 11.8. The summed E-state index contributed by atoms with van der Waals surface area (Å²) in [6.45, 7) is 0.571. The Kier molecular flexibility index (Phi) is 3.61. The summed E-state index contributed by atoms with van der Waals surface area (Å²) in [5.74, 6) is 1.79. The van der Waals surface area contributed by atoms with Gasteiger partial charge in [-0.25, -0.2) is 0 Å². The second-order valence-corrected chi connectivity index (χ2v) is 4.86. The minimum atomic E-state index is 0.0890. The standard InChI is InChI=1S/C17H18O3/c1-18-14-7-8-15(17(10-14)19-2)13-9-12-5-3-4-6-16(12)20-11-13/h3-6,8-10,14H,7,11H2,1-2H3. The third-order valence-corrected chi connectivity index (χ3v) is 3.66. The molecule has 0 saturated heterocycles. The van der Waals surface area contributed by atoms with Crippen LogP contribution in [-0.4, -0.2) is 26.9 Å². The molecule has 1 aromatic carbocycles. The van der Waals surface area contributed by atoms with Crippen LogP contribution in [0.1, 0.15) is 12.0 Å². The zero-order chi connectivity index (χ0) is 13.9. The van der Waals surface area contributed by atoms with Crippen LogP contribution in [0.4, 0.5) is 0 Å². The van der Waals surface area contributed by atoms with Gasteiger partial charge in [0, 0.05) is 23.8 Å². The van der Waals surface area contributed by atoms with Crippen molar-refractivity contribution in [2.75, 3.05) is 20.8 Å². The number of fused-ring (bicyclic) bond motifs is 1. The van der Waals surface area contributed by atoms with Gasteiger partial charge in [-0.2, -0.15) is 0 Å². The molecular weight excluding hydrogens is 252 g/mol. The van der Waals surface area contributed by atoms with E-state index in [1.165, 1.54) is 0 Å². The first-order valence-corrected chi connectivity index (χ1v) is 6.73. The number of para-hydroxylation sites is 1. The van der Waals surface area contributed by atoms with Crippen molar-refractivity contribution in [1.29, 1.82) is 0 Å². The number of methoxy groups -OCH3 is 2. The Labute approximate surface area is 119 Å². The number of ether oxygens (including phenoxy) is 3. The van der Waals surface area contributed by atoms with Gasteiger partial charge in [-0.05, 0) is 24.6 Å². The van der Waals surface area contributed by atoms with E-state index in [1.54, 1.807) is 14.2 Å². The molecule has 0 amide bonds. The lowest BCUT2D eigenvalue weighted by Crippen LogP contribution is -2.17. The monoisotopic (exact) mass is 270 g/mol. The fraction of sp³-hybridized carbons (Fsp3) is 0.294. The molecule has 0 bridgehead atoms. The number of hydrogen-bond acceptors (Lipinski definition) is 3. The topological polar surface area (TPSA) is 27.7 Å². The Morgan fingerprint density at radius 3 is 2.85 bits per heavy atom. The zero-order valence-electron chi connectivity index (χ0n) is 11.8. The summed E-state index contributed by atoms with van der Waals surface area (Å²) in [4.78, 5) is 0. The molecule has 0 radical (unpaired) electrons. The van der Waals surface area contributed by atoms with E-state index in [1.807, 2.05) is 24.3 Å². The fourth-order valence-corrected chi connectivity index (χ4v) is 2.56. The smallest absolute Gasteiger partial charge is 0.127 e. The first-order chi connectivity index (χ1) is 9.81. The molecule has 3 nitrogen and oxygen atoms in total. The summed E-state index contributed by atoms with van der Waals surface area (Å²) >= 11 is 0.